The molecule has 0 amide bonds. The minimum absolute atomic E-state index is 1.26. The standard InChI is InChI=1S/C19H15I/c1-14-6-5-9-16(12-14)18-11-10-17(20)13-19(18)15-7-3-2-4-8-15/h2-13H,1H3. The van der Waals surface area contributed by atoms with Gasteiger partial charge in [-0.1, -0.05) is 66.2 Å². The zero-order valence-electron chi connectivity index (χ0n) is 11.3. The molecule has 0 fully saturated rings. The first-order chi connectivity index (χ1) is 9.74. The Hall–Kier alpha value is -1.61. The quantitative estimate of drug-likeness (QED) is 0.490. The van der Waals surface area contributed by atoms with Gasteiger partial charge >= 0.3 is 0 Å². The van der Waals surface area contributed by atoms with Crippen molar-refractivity contribution in [3.8, 4) is 22.3 Å². The van der Waals surface area contributed by atoms with Gasteiger partial charge in [0, 0.05) is 3.57 Å². The van der Waals surface area contributed by atoms with Crippen LogP contribution in [0.25, 0.3) is 22.3 Å². The van der Waals surface area contributed by atoms with Gasteiger partial charge in [-0.15, -0.1) is 0 Å². The molecule has 0 radical (unpaired) electrons. The highest BCUT2D eigenvalue weighted by molar-refractivity contribution is 14.1. The summed E-state index contributed by atoms with van der Waals surface area (Å²) >= 11 is 2.37. The van der Waals surface area contributed by atoms with E-state index in [9.17, 15) is 0 Å². The molecule has 3 rings (SSSR count). The van der Waals surface area contributed by atoms with Crippen LogP contribution in [0.15, 0.2) is 72.8 Å². The highest BCUT2D eigenvalue weighted by atomic mass is 127. The van der Waals surface area contributed by atoms with E-state index in [4.69, 9.17) is 0 Å². The Kier molecular flexibility index (Phi) is 3.88. The lowest BCUT2D eigenvalue weighted by molar-refractivity contribution is 1.46. The van der Waals surface area contributed by atoms with Gasteiger partial charge in [-0.25, -0.2) is 0 Å². The average Bonchev–Trinajstić information content (AvgIpc) is 2.48. The maximum absolute atomic E-state index is 2.37. The zero-order chi connectivity index (χ0) is 13.9. The second-order valence-electron chi connectivity index (χ2n) is 4.93. The summed E-state index contributed by atoms with van der Waals surface area (Å²) in [7, 11) is 0. The molecular formula is C19H15I. The second-order valence-corrected chi connectivity index (χ2v) is 6.17. The normalized spacial score (nSPS) is 10.5. The third-order valence-electron chi connectivity index (χ3n) is 3.40. The van der Waals surface area contributed by atoms with Crippen LogP contribution in [0.1, 0.15) is 5.56 Å². The van der Waals surface area contributed by atoms with Gasteiger partial charge in [0.15, 0.2) is 0 Å². The van der Waals surface area contributed by atoms with Gasteiger partial charge in [0.1, 0.15) is 0 Å². The second kappa shape index (κ2) is 5.80. The first kappa shape index (κ1) is 13.4. The summed E-state index contributed by atoms with van der Waals surface area (Å²) in [6, 6.07) is 25.9. The predicted molar refractivity (Wildman–Crippen MR) is 94.8 cm³/mol. The number of halogens is 1. The lowest BCUT2D eigenvalue weighted by atomic mass is 9.94. The molecule has 3 aromatic carbocycles. The Balaban J connectivity index is 2.22. The van der Waals surface area contributed by atoms with E-state index in [-0.39, 0.29) is 0 Å². The van der Waals surface area contributed by atoms with E-state index in [2.05, 4.69) is 102 Å². The number of hydrogen-bond donors (Lipinski definition) is 0. The molecule has 0 aliphatic carbocycles. The summed E-state index contributed by atoms with van der Waals surface area (Å²) in [6.45, 7) is 2.14. The topological polar surface area (TPSA) is 0 Å². The lowest BCUT2D eigenvalue weighted by Crippen LogP contribution is -1.87. The van der Waals surface area contributed by atoms with Crippen LogP contribution in [0.2, 0.25) is 0 Å². The van der Waals surface area contributed by atoms with Crippen molar-refractivity contribution in [1.29, 1.82) is 0 Å². The van der Waals surface area contributed by atoms with E-state index in [0.717, 1.165) is 0 Å². The van der Waals surface area contributed by atoms with Gasteiger partial charge in [-0.3, -0.25) is 0 Å². The molecule has 0 atom stereocenters. The Morgan fingerprint density at radius 3 is 2.15 bits per heavy atom. The molecule has 0 saturated heterocycles. The average molecular weight is 370 g/mol. The minimum Gasteiger partial charge on any atom is -0.0622 e. The van der Waals surface area contributed by atoms with Crippen LogP contribution in [0.3, 0.4) is 0 Å². The van der Waals surface area contributed by atoms with Crippen LogP contribution in [0, 0.1) is 10.5 Å². The van der Waals surface area contributed by atoms with Gasteiger partial charge in [-0.2, -0.15) is 0 Å². The molecule has 0 aliphatic heterocycles. The number of rotatable bonds is 2. The third-order valence-corrected chi connectivity index (χ3v) is 4.07. The molecule has 3 aromatic rings. The molecule has 0 N–H and O–H groups in total. The van der Waals surface area contributed by atoms with Crippen LogP contribution in [-0.4, -0.2) is 0 Å². The first-order valence-electron chi connectivity index (χ1n) is 6.66. The monoisotopic (exact) mass is 370 g/mol. The molecule has 0 saturated carbocycles. The summed E-state index contributed by atoms with van der Waals surface area (Å²) in [5.41, 5.74) is 6.42. The van der Waals surface area contributed by atoms with E-state index in [1.54, 1.807) is 0 Å². The first-order valence-corrected chi connectivity index (χ1v) is 7.74. The summed E-state index contributed by atoms with van der Waals surface area (Å²) in [5, 5.41) is 0. The summed E-state index contributed by atoms with van der Waals surface area (Å²) in [4.78, 5) is 0. The third kappa shape index (κ3) is 2.78. The Morgan fingerprint density at radius 1 is 0.650 bits per heavy atom. The minimum atomic E-state index is 1.26. The Bertz CT molecular complexity index is 730. The number of hydrogen-bond acceptors (Lipinski definition) is 0. The van der Waals surface area contributed by atoms with Crippen LogP contribution >= 0.6 is 22.6 Å². The molecule has 0 unspecified atom stereocenters. The Labute approximate surface area is 133 Å². The van der Waals surface area contributed by atoms with E-state index in [1.165, 1.54) is 31.4 Å². The van der Waals surface area contributed by atoms with Crippen molar-refractivity contribution in [1.82, 2.24) is 0 Å². The van der Waals surface area contributed by atoms with Crippen LogP contribution in [-0.2, 0) is 0 Å². The van der Waals surface area contributed by atoms with E-state index >= 15 is 0 Å². The summed E-state index contributed by atoms with van der Waals surface area (Å²) in [6.07, 6.45) is 0. The largest absolute Gasteiger partial charge is 0.0622 e. The van der Waals surface area contributed by atoms with Crippen LogP contribution in [0.5, 0.6) is 0 Å². The number of benzene rings is 3. The molecule has 0 nitrogen and oxygen atoms in total. The van der Waals surface area contributed by atoms with Crippen molar-refractivity contribution in [2.24, 2.45) is 0 Å². The highest BCUT2D eigenvalue weighted by Crippen LogP contribution is 2.33. The van der Waals surface area contributed by atoms with Gasteiger partial charge in [0.05, 0.1) is 0 Å². The smallest absolute Gasteiger partial charge is 0.0136 e. The highest BCUT2D eigenvalue weighted by Gasteiger charge is 2.08. The fraction of sp³-hybridized carbons (Fsp3) is 0.0526. The molecule has 0 spiro atoms. The SMILES string of the molecule is Cc1cccc(-c2ccc(I)cc2-c2ccccc2)c1. The van der Waals surface area contributed by atoms with Crippen molar-refractivity contribution in [2.45, 2.75) is 6.92 Å². The molecule has 0 heterocycles. The Morgan fingerprint density at radius 2 is 1.40 bits per heavy atom. The van der Waals surface area contributed by atoms with Gasteiger partial charge < -0.3 is 0 Å². The van der Waals surface area contributed by atoms with Crippen LogP contribution in [0.4, 0.5) is 0 Å². The van der Waals surface area contributed by atoms with Gasteiger partial charge in [0.2, 0.25) is 0 Å². The summed E-state index contributed by atoms with van der Waals surface area (Å²) in [5.74, 6) is 0. The van der Waals surface area contributed by atoms with E-state index in [1.807, 2.05) is 0 Å². The molecule has 0 bridgehead atoms. The number of aryl methyl sites for hydroxylation is 1. The van der Waals surface area contributed by atoms with Crippen LogP contribution < -0.4 is 0 Å². The van der Waals surface area contributed by atoms with Crippen molar-refractivity contribution < 1.29 is 0 Å². The maximum Gasteiger partial charge on any atom is 0.0136 e. The maximum atomic E-state index is 2.37. The lowest BCUT2D eigenvalue weighted by Gasteiger charge is -2.11. The van der Waals surface area contributed by atoms with Crippen molar-refractivity contribution in [2.75, 3.05) is 0 Å². The molecule has 20 heavy (non-hydrogen) atoms. The van der Waals surface area contributed by atoms with Gasteiger partial charge in [-0.05, 0) is 63.9 Å². The molecule has 98 valence electrons. The fourth-order valence-electron chi connectivity index (χ4n) is 2.44. The van der Waals surface area contributed by atoms with Gasteiger partial charge in [0.25, 0.3) is 0 Å². The van der Waals surface area contributed by atoms with E-state index < -0.39 is 0 Å². The molecule has 1 heteroatoms. The molecule has 0 aliphatic rings. The zero-order valence-corrected chi connectivity index (χ0v) is 13.5. The van der Waals surface area contributed by atoms with E-state index in [0.29, 0.717) is 0 Å². The predicted octanol–water partition coefficient (Wildman–Crippen LogP) is 5.93. The fourth-order valence-corrected chi connectivity index (χ4v) is 2.93. The van der Waals surface area contributed by atoms with Crippen molar-refractivity contribution in [3.63, 3.8) is 0 Å². The molecule has 0 aromatic heterocycles. The van der Waals surface area contributed by atoms with Crippen molar-refractivity contribution >= 4 is 22.6 Å². The molecular weight excluding hydrogens is 355 g/mol. The summed E-state index contributed by atoms with van der Waals surface area (Å²) < 4.78 is 1.26. The van der Waals surface area contributed by atoms with Crippen molar-refractivity contribution in [3.05, 3.63) is 81.9 Å².